The highest BCUT2D eigenvalue weighted by molar-refractivity contribution is 6.02. The van der Waals surface area contributed by atoms with Crippen LogP contribution in [0.2, 0.25) is 0 Å². The minimum absolute atomic E-state index is 0.261. The Morgan fingerprint density at radius 3 is 3.00 bits per heavy atom. The normalized spacial score (nSPS) is 12.9. The number of alkyl halides is 1. The molecule has 84 valence electrons. The molecule has 0 aliphatic heterocycles. The fourth-order valence-electron chi connectivity index (χ4n) is 1.59. The number of carbonyl (C=O) groups excluding carboxylic acids is 1. The average molecular weight is 221 g/mol. The second-order valence-corrected chi connectivity index (χ2v) is 3.53. The van der Waals surface area contributed by atoms with E-state index in [9.17, 15) is 9.18 Å². The van der Waals surface area contributed by atoms with Crippen LogP contribution in [0, 0.1) is 0 Å². The number of Topliss-reactive ketones (excluding diaryl/α,β-unsaturated/α-hetero) is 1. The van der Waals surface area contributed by atoms with Gasteiger partial charge in [-0.3, -0.25) is 4.79 Å². The Kier molecular flexibility index (Phi) is 3.01. The summed E-state index contributed by atoms with van der Waals surface area (Å²) in [5.41, 5.74) is 1.10. The van der Waals surface area contributed by atoms with Gasteiger partial charge in [-0.05, 0) is 19.2 Å². The molecule has 0 saturated carbocycles. The summed E-state index contributed by atoms with van der Waals surface area (Å²) in [7, 11) is 1.56. The van der Waals surface area contributed by atoms with Gasteiger partial charge >= 0.3 is 0 Å². The Morgan fingerprint density at radius 2 is 2.31 bits per heavy atom. The Hall–Kier alpha value is -1.68. The van der Waals surface area contributed by atoms with Crippen LogP contribution in [0.5, 0.6) is 0 Å². The molecule has 1 aromatic carbocycles. The van der Waals surface area contributed by atoms with Crippen molar-refractivity contribution in [1.29, 1.82) is 0 Å². The third kappa shape index (κ3) is 1.84. The Bertz CT molecular complexity index is 502. The zero-order valence-corrected chi connectivity index (χ0v) is 8.87. The number of hydrogen-bond donors (Lipinski definition) is 1. The van der Waals surface area contributed by atoms with Gasteiger partial charge < -0.3 is 9.73 Å². The van der Waals surface area contributed by atoms with E-state index >= 15 is 0 Å². The van der Waals surface area contributed by atoms with Gasteiger partial charge in [0, 0.05) is 10.9 Å². The van der Waals surface area contributed by atoms with Crippen LogP contribution in [0.15, 0.2) is 34.9 Å². The molecule has 1 N–H and O–H groups in total. The highest BCUT2D eigenvalue weighted by Gasteiger charge is 2.18. The van der Waals surface area contributed by atoms with E-state index in [1.165, 1.54) is 0 Å². The van der Waals surface area contributed by atoms with Crippen LogP contribution in [0.1, 0.15) is 10.4 Å². The Balaban J connectivity index is 2.35. The van der Waals surface area contributed by atoms with Gasteiger partial charge in [-0.25, -0.2) is 4.39 Å². The lowest BCUT2D eigenvalue weighted by Crippen LogP contribution is -2.35. The van der Waals surface area contributed by atoms with Gasteiger partial charge in [-0.2, -0.15) is 0 Å². The maximum absolute atomic E-state index is 12.5. The fraction of sp³-hybridized carbons (Fsp3) is 0.250. The topological polar surface area (TPSA) is 42.2 Å². The molecule has 3 nitrogen and oxygen atoms in total. The first kappa shape index (κ1) is 10.8. The van der Waals surface area contributed by atoms with Gasteiger partial charge in [-0.15, -0.1) is 0 Å². The van der Waals surface area contributed by atoms with E-state index in [1.807, 2.05) is 6.07 Å². The van der Waals surface area contributed by atoms with Gasteiger partial charge in [-0.1, -0.05) is 12.1 Å². The summed E-state index contributed by atoms with van der Waals surface area (Å²) in [5.74, 6) is -0.261. The van der Waals surface area contributed by atoms with Crippen LogP contribution in [0.4, 0.5) is 4.39 Å². The van der Waals surface area contributed by atoms with Crippen molar-refractivity contribution >= 4 is 16.8 Å². The third-order valence-corrected chi connectivity index (χ3v) is 2.56. The molecule has 0 amide bonds. The first-order valence-electron chi connectivity index (χ1n) is 5.01. The smallest absolute Gasteiger partial charge is 0.182 e. The van der Waals surface area contributed by atoms with E-state index in [0.29, 0.717) is 11.1 Å². The van der Waals surface area contributed by atoms with Gasteiger partial charge in [0.25, 0.3) is 0 Å². The maximum Gasteiger partial charge on any atom is 0.182 e. The number of fused-ring (bicyclic) bond motifs is 1. The van der Waals surface area contributed by atoms with Crippen LogP contribution in [-0.2, 0) is 0 Å². The highest BCUT2D eigenvalue weighted by atomic mass is 19.1. The SMILES string of the molecule is CNC(CF)C(=O)c1ccc2ccoc2c1. The second kappa shape index (κ2) is 4.45. The lowest BCUT2D eigenvalue weighted by Gasteiger charge is -2.10. The zero-order chi connectivity index (χ0) is 11.5. The molecule has 2 rings (SSSR count). The average Bonchev–Trinajstić information content (AvgIpc) is 2.77. The van der Waals surface area contributed by atoms with Crippen molar-refractivity contribution in [2.45, 2.75) is 6.04 Å². The highest BCUT2D eigenvalue weighted by Crippen LogP contribution is 2.18. The van der Waals surface area contributed by atoms with Crippen molar-refractivity contribution in [2.75, 3.05) is 13.7 Å². The lowest BCUT2D eigenvalue weighted by molar-refractivity contribution is 0.0932. The molecule has 1 aromatic heterocycles. The number of carbonyl (C=O) groups is 1. The van der Waals surface area contributed by atoms with E-state index in [1.54, 1.807) is 31.5 Å². The number of furan rings is 1. The van der Waals surface area contributed by atoms with Crippen LogP contribution in [-0.4, -0.2) is 25.5 Å². The second-order valence-electron chi connectivity index (χ2n) is 3.53. The number of nitrogens with one attached hydrogen (secondary N) is 1. The van der Waals surface area contributed by atoms with Crippen molar-refractivity contribution in [1.82, 2.24) is 5.32 Å². The lowest BCUT2D eigenvalue weighted by atomic mass is 10.0. The van der Waals surface area contributed by atoms with Gasteiger partial charge in [0.05, 0.1) is 12.3 Å². The molecule has 1 heterocycles. The summed E-state index contributed by atoms with van der Waals surface area (Å²) in [4.78, 5) is 11.8. The first-order chi connectivity index (χ1) is 7.76. The predicted molar refractivity (Wildman–Crippen MR) is 59.4 cm³/mol. The van der Waals surface area contributed by atoms with Crippen molar-refractivity contribution in [3.05, 3.63) is 36.1 Å². The summed E-state index contributed by atoms with van der Waals surface area (Å²) in [6, 6.07) is 6.14. The molecular formula is C12H12FNO2. The van der Waals surface area contributed by atoms with E-state index in [-0.39, 0.29) is 5.78 Å². The molecule has 4 heteroatoms. The van der Waals surface area contributed by atoms with E-state index in [0.717, 1.165) is 5.39 Å². The molecule has 0 fully saturated rings. The molecule has 0 saturated heterocycles. The Labute approximate surface area is 92.2 Å². The number of benzene rings is 1. The van der Waals surface area contributed by atoms with Gasteiger partial charge in [0.2, 0.25) is 0 Å². The van der Waals surface area contributed by atoms with Crippen molar-refractivity contribution in [3.63, 3.8) is 0 Å². The van der Waals surface area contributed by atoms with Crippen molar-refractivity contribution in [3.8, 4) is 0 Å². The molecule has 1 unspecified atom stereocenters. The van der Waals surface area contributed by atoms with E-state index in [2.05, 4.69) is 5.32 Å². The predicted octanol–water partition coefficient (Wildman–Crippen LogP) is 2.17. The molecule has 0 radical (unpaired) electrons. The molecule has 0 spiro atoms. The third-order valence-electron chi connectivity index (χ3n) is 2.56. The van der Waals surface area contributed by atoms with Gasteiger partial charge in [0.15, 0.2) is 5.78 Å². The standard InChI is InChI=1S/C12H12FNO2/c1-14-10(7-13)12(15)9-3-2-8-4-5-16-11(8)6-9/h2-6,10,14H,7H2,1H3. The van der Waals surface area contributed by atoms with Gasteiger partial charge in [0.1, 0.15) is 12.3 Å². The summed E-state index contributed by atoms with van der Waals surface area (Å²) < 4.78 is 17.7. The number of hydrogen-bond acceptors (Lipinski definition) is 3. The molecule has 2 aromatic rings. The maximum atomic E-state index is 12.5. The molecule has 1 atom stereocenters. The quantitative estimate of drug-likeness (QED) is 0.804. The number of halogens is 1. The van der Waals surface area contributed by atoms with E-state index in [4.69, 9.17) is 4.42 Å². The van der Waals surface area contributed by atoms with Crippen LogP contribution in [0.25, 0.3) is 11.0 Å². The zero-order valence-electron chi connectivity index (χ0n) is 8.87. The monoisotopic (exact) mass is 221 g/mol. The fourth-order valence-corrected chi connectivity index (χ4v) is 1.59. The molecule has 0 aliphatic carbocycles. The minimum atomic E-state index is -0.785. The minimum Gasteiger partial charge on any atom is -0.464 e. The van der Waals surface area contributed by atoms with Crippen molar-refractivity contribution in [2.24, 2.45) is 0 Å². The molecule has 0 bridgehead atoms. The summed E-state index contributed by atoms with van der Waals surface area (Å²) >= 11 is 0. The van der Waals surface area contributed by atoms with Crippen LogP contribution in [0.3, 0.4) is 0 Å². The largest absolute Gasteiger partial charge is 0.464 e. The van der Waals surface area contributed by atoms with Crippen LogP contribution < -0.4 is 5.32 Å². The Morgan fingerprint density at radius 1 is 1.50 bits per heavy atom. The molecule has 0 aliphatic rings. The van der Waals surface area contributed by atoms with Crippen LogP contribution >= 0.6 is 0 Å². The summed E-state index contributed by atoms with van der Waals surface area (Å²) in [6.45, 7) is -0.717. The number of likely N-dealkylation sites (N-methyl/N-ethyl adjacent to an activating group) is 1. The first-order valence-corrected chi connectivity index (χ1v) is 5.01. The summed E-state index contributed by atoms with van der Waals surface area (Å²) in [5, 5.41) is 3.57. The van der Waals surface area contributed by atoms with E-state index < -0.39 is 12.7 Å². The molecular weight excluding hydrogens is 209 g/mol. The van der Waals surface area contributed by atoms with Crippen molar-refractivity contribution < 1.29 is 13.6 Å². The summed E-state index contributed by atoms with van der Waals surface area (Å²) in [6.07, 6.45) is 1.56. The molecule has 16 heavy (non-hydrogen) atoms. The number of ketones is 1. The number of rotatable bonds is 4.